The van der Waals surface area contributed by atoms with Crippen LogP contribution in [0.2, 0.25) is 0 Å². The van der Waals surface area contributed by atoms with Gasteiger partial charge in [0, 0.05) is 35.1 Å². The molecule has 4 heterocycles. The maximum absolute atomic E-state index is 13.5. The van der Waals surface area contributed by atoms with Crippen LogP contribution < -0.4 is 4.90 Å². The van der Waals surface area contributed by atoms with Crippen molar-refractivity contribution in [1.82, 2.24) is 24.6 Å². The number of nitrogens with zero attached hydrogens (tertiary/aromatic N) is 6. The summed E-state index contributed by atoms with van der Waals surface area (Å²) in [5.41, 5.74) is 0.452. The Morgan fingerprint density at radius 1 is 1.17 bits per heavy atom. The maximum atomic E-state index is 13.5. The normalized spacial score (nSPS) is 19.8. The first-order valence-electron chi connectivity index (χ1n) is 9.79. The van der Waals surface area contributed by atoms with Crippen molar-refractivity contribution in [2.45, 2.75) is 25.7 Å². The minimum Gasteiger partial charge on any atom is -0.355 e. The highest BCUT2D eigenvalue weighted by molar-refractivity contribution is 9.10. The van der Waals surface area contributed by atoms with Crippen LogP contribution in [0.25, 0.3) is 16.6 Å². The molecule has 9 heteroatoms. The zero-order chi connectivity index (χ0) is 20.8. The van der Waals surface area contributed by atoms with E-state index in [1.54, 1.807) is 4.52 Å². The molecule has 5 rings (SSSR count). The van der Waals surface area contributed by atoms with E-state index in [1.165, 1.54) is 12.4 Å². The molecule has 30 heavy (non-hydrogen) atoms. The lowest BCUT2D eigenvalue weighted by Crippen LogP contribution is -2.39. The predicted molar refractivity (Wildman–Crippen MR) is 114 cm³/mol. The summed E-state index contributed by atoms with van der Waals surface area (Å²) in [4.78, 5) is 14.9. The molecular formula is C21H19BrF2N6. The quantitative estimate of drug-likeness (QED) is 0.419. The van der Waals surface area contributed by atoms with Gasteiger partial charge in [0.25, 0.3) is 12.2 Å². The lowest BCUT2D eigenvalue weighted by molar-refractivity contribution is 0.146. The summed E-state index contributed by atoms with van der Waals surface area (Å²) < 4.78 is 29.5. The second-order valence-corrected chi connectivity index (χ2v) is 8.61. The molecule has 1 aromatic carbocycles. The Labute approximate surface area is 180 Å². The summed E-state index contributed by atoms with van der Waals surface area (Å²) in [7, 11) is 0. The molecule has 4 aromatic rings. The highest BCUT2D eigenvalue weighted by Crippen LogP contribution is 2.37. The number of hydrogen-bond acceptors (Lipinski definition) is 5. The van der Waals surface area contributed by atoms with E-state index in [9.17, 15) is 8.78 Å². The highest BCUT2D eigenvalue weighted by atomic mass is 79.9. The Hall–Kier alpha value is -2.68. The summed E-state index contributed by atoms with van der Waals surface area (Å²) in [5.74, 6) is 1.40. The molecule has 1 saturated heterocycles. The molecule has 0 spiro atoms. The Morgan fingerprint density at radius 3 is 2.87 bits per heavy atom. The molecule has 6 nitrogen and oxygen atoms in total. The summed E-state index contributed by atoms with van der Waals surface area (Å²) in [6.07, 6.45) is 1.43. The number of halogens is 3. The van der Waals surface area contributed by atoms with Crippen molar-refractivity contribution in [2.75, 3.05) is 18.0 Å². The summed E-state index contributed by atoms with van der Waals surface area (Å²) in [6.45, 7) is 3.66. The van der Waals surface area contributed by atoms with Crippen LogP contribution in [0.5, 0.6) is 0 Å². The van der Waals surface area contributed by atoms with E-state index in [-0.39, 0.29) is 17.4 Å². The minimum absolute atomic E-state index is 0.00680. The van der Waals surface area contributed by atoms with Crippen molar-refractivity contribution in [3.63, 3.8) is 0 Å². The number of alkyl halides is 2. The van der Waals surface area contributed by atoms with Crippen molar-refractivity contribution in [3.8, 4) is 0 Å². The monoisotopic (exact) mass is 472 g/mol. The molecule has 1 aliphatic rings. The summed E-state index contributed by atoms with van der Waals surface area (Å²) in [5, 5.41) is 6.42. The van der Waals surface area contributed by atoms with E-state index in [4.69, 9.17) is 0 Å². The van der Waals surface area contributed by atoms with Gasteiger partial charge in [0.2, 0.25) is 0 Å². The van der Waals surface area contributed by atoms with Gasteiger partial charge >= 0.3 is 0 Å². The molecule has 0 N–H and O–H groups in total. The van der Waals surface area contributed by atoms with Gasteiger partial charge in [0.15, 0.2) is 0 Å². The first-order chi connectivity index (χ1) is 14.5. The van der Waals surface area contributed by atoms with E-state index in [0.717, 1.165) is 34.0 Å². The van der Waals surface area contributed by atoms with Gasteiger partial charge < -0.3 is 4.90 Å². The van der Waals surface area contributed by atoms with Gasteiger partial charge in [-0.05, 0) is 42.0 Å². The van der Waals surface area contributed by atoms with E-state index >= 15 is 0 Å². The molecular weight excluding hydrogens is 454 g/mol. The van der Waals surface area contributed by atoms with Crippen LogP contribution in [0.1, 0.15) is 37.1 Å². The zero-order valence-corrected chi connectivity index (χ0v) is 17.8. The highest BCUT2D eigenvalue weighted by Gasteiger charge is 2.32. The molecule has 0 amide bonds. The van der Waals surface area contributed by atoms with Gasteiger partial charge in [-0.2, -0.15) is 10.1 Å². The number of pyridine rings is 1. The average Bonchev–Trinajstić information content (AvgIpc) is 3.22. The second kappa shape index (κ2) is 7.54. The Kier molecular flexibility index (Phi) is 4.85. The van der Waals surface area contributed by atoms with Crippen LogP contribution in [0.3, 0.4) is 0 Å². The molecule has 0 unspecified atom stereocenters. The number of benzene rings is 1. The maximum Gasteiger partial charge on any atom is 0.280 e. The number of aromatic nitrogens is 5. The third-order valence-electron chi connectivity index (χ3n) is 5.87. The van der Waals surface area contributed by atoms with E-state index < -0.39 is 6.43 Å². The van der Waals surface area contributed by atoms with Crippen LogP contribution in [0.15, 0.2) is 47.3 Å². The van der Waals surface area contributed by atoms with Crippen molar-refractivity contribution in [2.24, 2.45) is 5.92 Å². The zero-order valence-electron chi connectivity index (χ0n) is 16.2. The number of hydrogen-bond donors (Lipinski definition) is 0. The molecule has 0 saturated carbocycles. The first-order valence-corrected chi connectivity index (χ1v) is 10.6. The fraction of sp³-hybridized carbons (Fsp3) is 0.333. The third-order valence-corrected chi connectivity index (χ3v) is 6.36. The number of rotatable bonds is 3. The first kappa shape index (κ1) is 19.3. The molecule has 1 fully saturated rings. The number of fused-ring (bicyclic) bond motifs is 2. The number of anilines is 1. The van der Waals surface area contributed by atoms with Crippen molar-refractivity contribution in [3.05, 3.63) is 58.7 Å². The van der Waals surface area contributed by atoms with Gasteiger partial charge in [-0.15, -0.1) is 0 Å². The van der Waals surface area contributed by atoms with Gasteiger partial charge in [-0.3, -0.25) is 0 Å². The molecule has 0 bridgehead atoms. The SMILES string of the molecule is C[C@@H]1CCN(c2nccc3ccc(Br)cc23)C[C@H]1c1cc(C(F)F)nc2ncnn12. The Morgan fingerprint density at radius 2 is 2.03 bits per heavy atom. The Bertz CT molecular complexity index is 1230. The van der Waals surface area contributed by atoms with E-state index in [2.05, 4.69) is 59.9 Å². The molecule has 3 aromatic heterocycles. The molecule has 0 radical (unpaired) electrons. The van der Waals surface area contributed by atoms with E-state index in [0.29, 0.717) is 18.2 Å². The summed E-state index contributed by atoms with van der Waals surface area (Å²) >= 11 is 3.55. The second-order valence-electron chi connectivity index (χ2n) is 7.70. The van der Waals surface area contributed by atoms with Crippen LogP contribution >= 0.6 is 15.9 Å². The molecule has 1 aliphatic heterocycles. The van der Waals surface area contributed by atoms with Crippen molar-refractivity contribution in [1.29, 1.82) is 0 Å². The van der Waals surface area contributed by atoms with Gasteiger partial charge in [0.05, 0.1) is 5.69 Å². The van der Waals surface area contributed by atoms with Gasteiger partial charge in [-0.25, -0.2) is 23.3 Å². The fourth-order valence-corrected chi connectivity index (χ4v) is 4.62. The van der Waals surface area contributed by atoms with Crippen LogP contribution in [-0.2, 0) is 0 Å². The summed E-state index contributed by atoms with van der Waals surface area (Å²) in [6, 6.07) is 9.61. The number of piperidine rings is 1. The van der Waals surface area contributed by atoms with Crippen LogP contribution in [0.4, 0.5) is 14.6 Å². The lowest BCUT2D eigenvalue weighted by Gasteiger charge is -2.38. The standard InChI is InChI=1S/C21H19BrF2N6/c1-12-5-7-29(20-15-8-14(22)3-2-13(15)4-6-25-20)10-16(12)18-9-17(19(23)24)28-21-26-11-27-30(18)21/h2-4,6,8-9,11-12,16,19H,5,7,10H2,1H3/t12-,16-/m1/s1. The molecule has 154 valence electrons. The predicted octanol–water partition coefficient (Wildman–Crippen LogP) is 5.00. The topological polar surface area (TPSA) is 59.2 Å². The van der Waals surface area contributed by atoms with Gasteiger partial charge in [0.1, 0.15) is 17.8 Å². The minimum atomic E-state index is -2.66. The molecule has 0 aliphatic carbocycles. The third kappa shape index (κ3) is 3.30. The largest absolute Gasteiger partial charge is 0.355 e. The average molecular weight is 473 g/mol. The van der Waals surface area contributed by atoms with Crippen molar-refractivity contribution < 1.29 is 8.78 Å². The molecule has 2 atom stereocenters. The van der Waals surface area contributed by atoms with Crippen LogP contribution in [0, 0.1) is 5.92 Å². The van der Waals surface area contributed by atoms with E-state index in [1.807, 2.05) is 18.3 Å². The van der Waals surface area contributed by atoms with Gasteiger partial charge in [-0.1, -0.05) is 28.9 Å². The van der Waals surface area contributed by atoms with Crippen LogP contribution in [-0.4, -0.2) is 37.7 Å². The Balaban J connectivity index is 1.58. The fourth-order valence-electron chi connectivity index (χ4n) is 4.25. The van der Waals surface area contributed by atoms with Crippen molar-refractivity contribution >= 4 is 38.3 Å². The lowest BCUT2D eigenvalue weighted by atomic mass is 9.84. The smallest absolute Gasteiger partial charge is 0.280 e.